The van der Waals surface area contributed by atoms with E-state index in [1.807, 2.05) is 43.4 Å². The average Bonchev–Trinajstić information content (AvgIpc) is 2.94. The summed E-state index contributed by atoms with van der Waals surface area (Å²) in [6.45, 7) is 0.208. The SMILES string of the molecule is CN(/N=C\c1cc(Cl)c2c(c1)OCO2)c1ccccc1. The first-order chi connectivity index (χ1) is 9.74. The highest BCUT2D eigenvalue weighted by Gasteiger charge is 2.17. The molecule has 102 valence electrons. The largest absolute Gasteiger partial charge is 0.454 e. The van der Waals surface area contributed by atoms with E-state index in [9.17, 15) is 0 Å². The van der Waals surface area contributed by atoms with Crippen molar-refractivity contribution in [2.45, 2.75) is 0 Å². The maximum Gasteiger partial charge on any atom is 0.231 e. The van der Waals surface area contributed by atoms with Crippen molar-refractivity contribution in [1.82, 2.24) is 0 Å². The van der Waals surface area contributed by atoms with Crippen molar-refractivity contribution in [3.8, 4) is 11.5 Å². The summed E-state index contributed by atoms with van der Waals surface area (Å²) in [5.41, 5.74) is 1.87. The van der Waals surface area contributed by atoms with Crippen molar-refractivity contribution in [2.24, 2.45) is 5.10 Å². The van der Waals surface area contributed by atoms with Crippen molar-refractivity contribution in [2.75, 3.05) is 18.8 Å². The van der Waals surface area contributed by atoms with Gasteiger partial charge in [-0.1, -0.05) is 29.8 Å². The maximum atomic E-state index is 6.13. The van der Waals surface area contributed by atoms with Crippen molar-refractivity contribution < 1.29 is 9.47 Å². The van der Waals surface area contributed by atoms with Crippen LogP contribution in [-0.4, -0.2) is 20.1 Å². The first kappa shape index (κ1) is 12.8. The average molecular weight is 289 g/mol. The molecule has 0 fully saturated rings. The Balaban J connectivity index is 1.81. The number of rotatable bonds is 3. The van der Waals surface area contributed by atoms with E-state index in [0.717, 1.165) is 11.3 Å². The Morgan fingerprint density at radius 2 is 2.00 bits per heavy atom. The fraction of sp³-hybridized carbons (Fsp3) is 0.133. The molecule has 0 bridgehead atoms. The Hall–Kier alpha value is -2.20. The van der Waals surface area contributed by atoms with Gasteiger partial charge in [0.1, 0.15) is 0 Å². The molecule has 1 heterocycles. The molecule has 0 aliphatic carbocycles. The highest BCUT2D eigenvalue weighted by atomic mass is 35.5. The first-order valence-corrected chi connectivity index (χ1v) is 6.54. The fourth-order valence-electron chi connectivity index (χ4n) is 1.93. The zero-order valence-corrected chi connectivity index (χ0v) is 11.7. The second-order valence-corrected chi connectivity index (χ2v) is 4.75. The van der Waals surface area contributed by atoms with Gasteiger partial charge in [-0.05, 0) is 29.8 Å². The molecule has 20 heavy (non-hydrogen) atoms. The molecule has 5 heteroatoms. The normalized spacial score (nSPS) is 12.9. The van der Waals surface area contributed by atoms with Crippen molar-refractivity contribution >= 4 is 23.5 Å². The number of ether oxygens (including phenoxy) is 2. The number of nitrogens with zero attached hydrogens (tertiary/aromatic N) is 2. The molecule has 0 radical (unpaired) electrons. The molecule has 2 aromatic rings. The topological polar surface area (TPSA) is 34.1 Å². The van der Waals surface area contributed by atoms with Crippen LogP contribution in [0.4, 0.5) is 5.69 Å². The molecule has 0 saturated carbocycles. The van der Waals surface area contributed by atoms with E-state index in [1.165, 1.54) is 0 Å². The molecule has 0 atom stereocenters. The molecule has 3 rings (SSSR count). The minimum atomic E-state index is 0.208. The van der Waals surface area contributed by atoms with E-state index in [2.05, 4.69) is 5.10 Å². The van der Waals surface area contributed by atoms with Crippen molar-refractivity contribution in [1.29, 1.82) is 0 Å². The van der Waals surface area contributed by atoms with Gasteiger partial charge in [0.25, 0.3) is 0 Å². The third kappa shape index (κ3) is 2.56. The Morgan fingerprint density at radius 1 is 1.20 bits per heavy atom. The molecule has 1 aliphatic heterocycles. The summed E-state index contributed by atoms with van der Waals surface area (Å²) in [5, 5.41) is 6.71. The van der Waals surface area contributed by atoms with E-state index in [-0.39, 0.29) is 6.79 Å². The van der Waals surface area contributed by atoms with E-state index in [1.54, 1.807) is 17.3 Å². The van der Waals surface area contributed by atoms with Crippen LogP contribution in [0.1, 0.15) is 5.56 Å². The fourth-order valence-corrected chi connectivity index (χ4v) is 2.20. The lowest BCUT2D eigenvalue weighted by Gasteiger charge is -2.12. The summed E-state index contributed by atoms with van der Waals surface area (Å²) in [4.78, 5) is 0. The zero-order chi connectivity index (χ0) is 13.9. The molecular formula is C15H13ClN2O2. The third-order valence-corrected chi connectivity index (χ3v) is 3.24. The van der Waals surface area contributed by atoms with Crippen LogP contribution in [0, 0.1) is 0 Å². The third-order valence-electron chi connectivity index (χ3n) is 2.96. The van der Waals surface area contributed by atoms with Gasteiger partial charge in [0.2, 0.25) is 6.79 Å². The number of hydrogen-bond donors (Lipinski definition) is 0. The van der Waals surface area contributed by atoms with Crippen LogP contribution < -0.4 is 14.5 Å². The van der Waals surface area contributed by atoms with Gasteiger partial charge in [0, 0.05) is 7.05 Å². The van der Waals surface area contributed by atoms with Crippen molar-refractivity contribution in [3.63, 3.8) is 0 Å². The van der Waals surface area contributed by atoms with Crippen LogP contribution in [0.25, 0.3) is 0 Å². The summed E-state index contributed by atoms with van der Waals surface area (Å²) in [7, 11) is 1.89. The van der Waals surface area contributed by atoms with E-state index in [0.29, 0.717) is 16.5 Å². The van der Waals surface area contributed by atoms with Gasteiger partial charge in [0.15, 0.2) is 11.5 Å². The van der Waals surface area contributed by atoms with Crippen LogP contribution in [0.15, 0.2) is 47.6 Å². The van der Waals surface area contributed by atoms with E-state index < -0.39 is 0 Å². The van der Waals surface area contributed by atoms with Gasteiger partial charge in [-0.3, -0.25) is 5.01 Å². The molecular weight excluding hydrogens is 276 g/mol. The monoisotopic (exact) mass is 288 g/mol. The number of halogens is 1. The Morgan fingerprint density at radius 3 is 2.80 bits per heavy atom. The highest BCUT2D eigenvalue weighted by molar-refractivity contribution is 6.32. The minimum absolute atomic E-state index is 0.208. The minimum Gasteiger partial charge on any atom is -0.454 e. The number of fused-ring (bicyclic) bond motifs is 1. The van der Waals surface area contributed by atoms with Crippen LogP contribution in [0.5, 0.6) is 11.5 Å². The highest BCUT2D eigenvalue weighted by Crippen LogP contribution is 2.39. The van der Waals surface area contributed by atoms with Crippen LogP contribution >= 0.6 is 11.6 Å². The molecule has 1 aliphatic rings. The predicted molar refractivity (Wildman–Crippen MR) is 80.0 cm³/mol. The molecule has 0 spiro atoms. The summed E-state index contributed by atoms with van der Waals surface area (Å²) >= 11 is 6.13. The van der Waals surface area contributed by atoms with Gasteiger partial charge in [0.05, 0.1) is 16.9 Å². The molecule has 0 N–H and O–H groups in total. The predicted octanol–water partition coefficient (Wildman–Crippen LogP) is 3.54. The summed E-state index contributed by atoms with van der Waals surface area (Å²) < 4.78 is 10.6. The molecule has 2 aromatic carbocycles. The van der Waals surface area contributed by atoms with Crippen LogP contribution in [0.3, 0.4) is 0 Å². The van der Waals surface area contributed by atoms with Gasteiger partial charge in [-0.2, -0.15) is 5.10 Å². The first-order valence-electron chi connectivity index (χ1n) is 6.16. The number of hydrazone groups is 1. The van der Waals surface area contributed by atoms with Gasteiger partial charge in [-0.15, -0.1) is 0 Å². The number of hydrogen-bond acceptors (Lipinski definition) is 4. The summed E-state index contributed by atoms with van der Waals surface area (Å²) in [6, 6.07) is 13.6. The number of anilines is 1. The molecule has 0 saturated heterocycles. The van der Waals surface area contributed by atoms with Crippen molar-refractivity contribution in [3.05, 3.63) is 53.1 Å². The number of para-hydroxylation sites is 1. The van der Waals surface area contributed by atoms with Crippen LogP contribution in [-0.2, 0) is 0 Å². The standard InChI is InChI=1S/C15H13ClN2O2/c1-18(12-5-3-2-4-6-12)17-9-11-7-13(16)15-14(8-11)19-10-20-15/h2-9H,10H2,1H3/b17-9-. The Bertz CT molecular complexity index is 644. The summed E-state index contributed by atoms with van der Waals surface area (Å²) in [5.74, 6) is 1.25. The molecule has 0 amide bonds. The maximum absolute atomic E-state index is 6.13. The molecule has 0 unspecified atom stereocenters. The second kappa shape index (κ2) is 5.43. The lowest BCUT2D eigenvalue weighted by atomic mass is 10.2. The van der Waals surface area contributed by atoms with Gasteiger partial charge in [-0.25, -0.2) is 0 Å². The lowest BCUT2D eigenvalue weighted by Crippen LogP contribution is -2.08. The number of benzene rings is 2. The molecule has 4 nitrogen and oxygen atoms in total. The van der Waals surface area contributed by atoms with Gasteiger partial charge >= 0.3 is 0 Å². The smallest absolute Gasteiger partial charge is 0.231 e. The van der Waals surface area contributed by atoms with E-state index in [4.69, 9.17) is 21.1 Å². The van der Waals surface area contributed by atoms with E-state index >= 15 is 0 Å². The zero-order valence-electron chi connectivity index (χ0n) is 10.9. The quantitative estimate of drug-likeness (QED) is 0.640. The molecule has 0 aromatic heterocycles. The Labute approximate surface area is 122 Å². The summed E-state index contributed by atoms with van der Waals surface area (Å²) in [6.07, 6.45) is 1.74. The lowest BCUT2D eigenvalue weighted by molar-refractivity contribution is 0.174. The Kier molecular flexibility index (Phi) is 3.48. The van der Waals surface area contributed by atoms with Crippen LogP contribution in [0.2, 0.25) is 5.02 Å². The second-order valence-electron chi connectivity index (χ2n) is 4.34. The van der Waals surface area contributed by atoms with Gasteiger partial charge < -0.3 is 9.47 Å².